The maximum Gasteiger partial charge on any atom is 0.255 e. The molecule has 7 heteroatoms. The first-order valence-corrected chi connectivity index (χ1v) is 10.1. The van der Waals surface area contributed by atoms with Gasteiger partial charge in [0, 0.05) is 54.5 Å². The van der Waals surface area contributed by atoms with Crippen molar-refractivity contribution in [2.24, 2.45) is 11.8 Å². The molecular weight excluding hydrogens is 368 g/mol. The average molecular weight is 392 g/mol. The van der Waals surface area contributed by atoms with Gasteiger partial charge in [0.2, 0.25) is 0 Å². The highest BCUT2D eigenvalue weighted by Crippen LogP contribution is 2.27. The summed E-state index contributed by atoms with van der Waals surface area (Å²) in [7, 11) is 0. The number of nitrogens with zero attached hydrogens (tertiary/aromatic N) is 3. The van der Waals surface area contributed by atoms with Crippen LogP contribution in [0.3, 0.4) is 0 Å². The maximum absolute atomic E-state index is 13.1. The lowest BCUT2D eigenvalue weighted by Crippen LogP contribution is -2.36. The van der Waals surface area contributed by atoms with Gasteiger partial charge >= 0.3 is 0 Å². The molecule has 7 nitrogen and oxygen atoms in total. The second-order valence-electron chi connectivity index (χ2n) is 8.17. The Morgan fingerprint density at radius 3 is 2.97 bits per heavy atom. The molecule has 1 N–H and O–H groups in total. The Bertz CT molecular complexity index is 1050. The Balaban J connectivity index is 1.34. The number of carbonyl (C=O) groups excluding carboxylic acids is 2. The Morgan fingerprint density at radius 1 is 1.34 bits per heavy atom. The lowest BCUT2D eigenvalue weighted by Gasteiger charge is -2.31. The molecule has 1 amide bonds. The molecule has 5 rings (SSSR count). The van der Waals surface area contributed by atoms with Crippen molar-refractivity contribution in [2.45, 2.75) is 26.3 Å². The minimum Gasteiger partial charge on any atom is -0.381 e. The molecule has 1 saturated heterocycles. The van der Waals surface area contributed by atoms with E-state index in [0.29, 0.717) is 43.1 Å². The van der Waals surface area contributed by atoms with Crippen molar-refractivity contribution in [1.29, 1.82) is 0 Å². The van der Waals surface area contributed by atoms with E-state index in [-0.39, 0.29) is 17.6 Å². The van der Waals surface area contributed by atoms with Crippen LogP contribution < -0.4 is 0 Å². The van der Waals surface area contributed by atoms with Crippen molar-refractivity contribution in [3.63, 3.8) is 0 Å². The van der Waals surface area contributed by atoms with Crippen LogP contribution in [0.4, 0.5) is 0 Å². The van der Waals surface area contributed by atoms with E-state index in [2.05, 4.69) is 17.1 Å². The van der Waals surface area contributed by atoms with Gasteiger partial charge in [0.15, 0.2) is 5.78 Å². The van der Waals surface area contributed by atoms with Gasteiger partial charge in [-0.3, -0.25) is 14.7 Å². The highest BCUT2D eigenvalue weighted by Gasteiger charge is 2.31. The zero-order valence-corrected chi connectivity index (χ0v) is 16.4. The normalized spacial score (nSPS) is 17.8. The average Bonchev–Trinajstić information content (AvgIpc) is 3.29. The molecular formula is C22H24N4O3. The van der Waals surface area contributed by atoms with Crippen LogP contribution in [0, 0.1) is 11.8 Å². The summed E-state index contributed by atoms with van der Waals surface area (Å²) < 4.78 is 7.19. The molecule has 29 heavy (non-hydrogen) atoms. The summed E-state index contributed by atoms with van der Waals surface area (Å²) in [5, 5.41) is 7.33. The first kappa shape index (κ1) is 18.1. The van der Waals surface area contributed by atoms with E-state index in [9.17, 15) is 9.59 Å². The minimum atomic E-state index is -0.0149. The third-order valence-corrected chi connectivity index (χ3v) is 6.21. The van der Waals surface area contributed by atoms with Gasteiger partial charge in [-0.2, -0.15) is 5.10 Å². The number of aromatic nitrogens is 3. The molecule has 0 bridgehead atoms. The van der Waals surface area contributed by atoms with E-state index >= 15 is 0 Å². The summed E-state index contributed by atoms with van der Waals surface area (Å²) in [5.74, 6) is 0.763. The van der Waals surface area contributed by atoms with Gasteiger partial charge in [-0.25, -0.2) is 0 Å². The van der Waals surface area contributed by atoms with Crippen LogP contribution in [0.25, 0.3) is 5.52 Å². The number of ether oxygens (including phenoxy) is 1. The number of amides is 1. The third-order valence-electron chi connectivity index (χ3n) is 6.21. The lowest BCUT2D eigenvalue weighted by molar-refractivity contribution is -0.0569. The molecule has 150 valence electrons. The summed E-state index contributed by atoms with van der Waals surface area (Å²) in [6, 6.07) is 7.78. The minimum absolute atomic E-state index is 0.0149. The predicted octanol–water partition coefficient (Wildman–Crippen LogP) is 2.72. The molecule has 0 saturated carbocycles. The van der Waals surface area contributed by atoms with Crippen molar-refractivity contribution >= 4 is 17.2 Å². The fraction of sp³-hybridized carbons (Fsp3) is 0.409. The second-order valence-corrected chi connectivity index (χ2v) is 8.17. The number of Topliss-reactive ketones (excluding diaryl/α,β-unsaturated/α-hetero) is 1. The summed E-state index contributed by atoms with van der Waals surface area (Å²) >= 11 is 0. The van der Waals surface area contributed by atoms with Gasteiger partial charge in [0.1, 0.15) is 5.69 Å². The van der Waals surface area contributed by atoms with Crippen molar-refractivity contribution in [1.82, 2.24) is 19.5 Å². The summed E-state index contributed by atoms with van der Waals surface area (Å²) in [5.41, 5.74) is 3.98. The van der Waals surface area contributed by atoms with Crippen molar-refractivity contribution in [3.8, 4) is 0 Å². The SMILES string of the molecule is CC(CC(=O)c1n[nH]c2c1CN(C(=O)c1cc3ccccn3c1)CC2)C1COC1. The summed E-state index contributed by atoms with van der Waals surface area (Å²) in [4.78, 5) is 27.8. The highest BCUT2D eigenvalue weighted by molar-refractivity contribution is 5.98. The predicted molar refractivity (Wildman–Crippen MR) is 107 cm³/mol. The van der Waals surface area contributed by atoms with Crippen LogP contribution in [-0.2, 0) is 17.7 Å². The molecule has 2 aliphatic heterocycles. The van der Waals surface area contributed by atoms with Gasteiger partial charge in [-0.05, 0) is 24.1 Å². The maximum atomic E-state index is 13.1. The second kappa shape index (κ2) is 7.15. The van der Waals surface area contributed by atoms with Gasteiger partial charge in [0.05, 0.1) is 25.3 Å². The summed E-state index contributed by atoms with van der Waals surface area (Å²) in [6.45, 7) is 4.60. The largest absolute Gasteiger partial charge is 0.381 e. The van der Waals surface area contributed by atoms with Crippen LogP contribution >= 0.6 is 0 Å². The van der Waals surface area contributed by atoms with Crippen LogP contribution in [0.2, 0.25) is 0 Å². The molecule has 1 unspecified atom stereocenters. The molecule has 0 spiro atoms. The molecule has 0 radical (unpaired) electrons. The van der Waals surface area contributed by atoms with E-state index in [1.807, 2.05) is 46.0 Å². The van der Waals surface area contributed by atoms with E-state index in [1.165, 1.54) is 0 Å². The monoisotopic (exact) mass is 392 g/mol. The molecule has 1 atom stereocenters. The first-order valence-electron chi connectivity index (χ1n) is 10.1. The number of hydrogen-bond donors (Lipinski definition) is 1. The lowest BCUT2D eigenvalue weighted by atomic mass is 9.87. The van der Waals surface area contributed by atoms with Crippen LogP contribution in [0.1, 0.15) is 45.4 Å². The Morgan fingerprint density at radius 2 is 2.21 bits per heavy atom. The number of rotatable bonds is 5. The van der Waals surface area contributed by atoms with Crippen LogP contribution in [0.5, 0.6) is 0 Å². The molecule has 0 aliphatic carbocycles. The Hall–Kier alpha value is -2.93. The van der Waals surface area contributed by atoms with E-state index in [1.54, 1.807) is 0 Å². The number of nitrogens with one attached hydrogen (secondary N) is 1. The molecule has 3 aromatic heterocycles. The third kappa shape index (κ3) is 3.25. The van der Waals surface area contributed by atoms with Gasteiger partial charge in [-0.15, -0.1) is 0 Å². The number of pyridine rings is 1. The smallest absolute Gasteiger partial charge is 0.255 e. The van der Waals surface area contributed by atoms with E-state index < -0.39 is 0 Å². The number of H-pyrrole nitrogens is 1. The van der Waals surface area contributed by atoms with E-state index in [0.717, 1.165) is 30.0 Å². The van der Waals surface area contributed by atoms with Crippen molar-refractivity contribution in [3.05, 3.63) is 59.2 Å². The van der Waals surface area contributed by atoms with Crippen molar-refractivity contribution < 1.29 is 14.3 Å². The van der Waals surface area contributed by atoms with Crippen molar-refractivity contribution in [2.75, 3.05) is 19.8 Å². The number of carbonyl (C=O) groups is 2. The van der Waals surface area contributed by atoms with Gasteiger partial charge in [0.25, 0.3) is 5.91 Å². The number of hydrogen-bond acceptors (Lipinski definition) is 4. The topological polar surface area (TPSA) is 79.7 Å². The van der Waals surface area contributed by atoms with Crippen LogP contribution in [-0.4, -0.2) is 50.9 Å². The molecule has 1 fully saturated rings. The first-order chi connectivity index (χ1) is 14.1. The Kier molecular flexibility index (Phi) is 4.47. The summed E-state index contributed by atoms with van der Waals surface area (Å²) in [6.07, 6.45) is 4.93. The quantitative estimate of drug-likeness (QED) is 0.677. The molecule has 5 heterocycles. The van der Waals surface area contributed by atoms with Gasteiger partial charge < -0.3 is 14.0 Å². The fourth-order valence-corrected chi connectivity index (χ4v) is 4.19. The molecule has 2 aliphatic rings. The number of ketones is 1. The molecule has 3 aromatic rings. The van der Waals surface area contributed by atoms with Gasteiger partial charge in [-0.1, -0.05) is 13.0 Å². The van der Waals surface area contributed by atoms with E-state index in [4.69, 9.17) is 4.74 Å². The number of aromatic amines is 1. The Labute approximate surface area is 168 Å². The standard InChI is InChI=1S/C22H24N4O3/c1-14(16-12-29-13-16)8-20(27)21-18-11-26(7-5-19(18)23-24-21)22(28)15-9-17-4-2-3-6-25(17)10-15/h2-4,6,9-10,14,16H,5,7-8,11-13H2,1H3,(H,23,24). The fourth-order valence-electron chi connectivity index (χ4n) is 4.19. The zero-order chi connectivity index (χ0) is 20.0. The number of fused-ring (bicyclic) bond motifs is 2. The highest BCUT2D eigenvalue weighted by atomic mass is 16.5. The van der Waals surface area contributed by atoms with Crippen LogP contribution in [0.15, 0.2) is 36.7 Å². The molecule has 0 aromatic carbocycles. The zero-order valence-electron chi connectivity index (χ0n) is 16.4.